The molecule has 0 saturated heterocycles. The minimum atomic E-state index is -3.81. The molecule has 1 saturated carbocycles. The van der Waals surface area contributed by atoms with Gasteiger partial charge in [0.15, 0.2) is 5.69 Å². The normalized spacial score (nSPS) is 15.5. The van der Waals surface area contributed by atoms with Crippen LogP contribution in [0.15, 0.2) is 35.2 Å². The molecule has 0 spiro atoms. The van der Waals surface area contributed by atoms with Gasteiger partial charge in [0, 0.05) is 12.6 Å². The van der Waals surface area contributed by atoms with E-state index in [1.165, 1.54) is 16.4 Å². The number of carboxylic acids is 2. The molecular weight excluding hydrogens is 400 g/mol. The Balaban J connectivity index is 1.91. The van der Waals surface area contributed by atoms with E-state index >= 15 is 0 Å². The van der Waals surface area contributed by atoms with Crippen LogP contribution < -0.4 is 0 Å². The van der Waals surface area contributed by atoms with Crippen molar-refractivity contribution in [2.24, 2.45) is 0 Å². The highest BCUT2D eigenvalue weighted by atomic mass is 32.2. The summed E-state index contributed by atoms with van der Waals surface area (Å²) in [5.41, 5.74) is -1.24. The summed E-state index contributed by atoms with van der Waals surface area (Å²) in [4.78, 5) is 22.8. The van der Waals surface area contributed by atoms with Gasteiger partial charge in [-0.15, -0.1) is 5.10 Å². The Labute approximate surface area is 167 Å². The van der Waals surface area contributed by atoms with Gasteiger partial charge in [0.1, 0.15) is 0 Å². The fourth-order valence-electron chi connectivity index (χ4n) is 3.61. The van der Waals surface area contributed by atoms with Crippen molar-refractivity contribution in [1.82, 2.24) is 19.3 Å². The highest BCUT2D eigenvalue weighted by Crippen LogP contribution is 2.28. The maximum atomic E-state index is 13.3. The second-order valence-electron chi connectivity index (χ2n) is 6.84. The van der Waals surface area contributed by atoms with Crippen LogP contribution in [0.4, 0.5) is 0 Å². The van der Waals surface area contributed by atoms with E-state index in [1.54, 1.807) is 18.2 Å². The largest absolute Gasteiger partial charge is 0.476 e. The summed E-state index contributed by atoms with van der Waals surface area (Å²) < 4.78 is 28.8. The van der Waals surface area contributed by atoms with Crippen molar-refractivity contribution in [3.63, 3.8) is 0 Å². The first kappa shape index (κ1) is 20.9. The molecule has 0 atom stereocenters. The Morgan fingerprint density at radius 3 is 2.31 bits per heavy atom. The van der Waals surface area contributed by atoms with Gasteiger partial charge < -0.3 is 10.2 Å². The van der Waals surface area contributed by atoms with Gasteiger partial charge in [0.05, 0.1) is 11.4 Å². The fraction of sp³-hybridized carbons (Fsp3) is 0.444. The summed E-state index contributed by atoms with van der Waals surface area (Å²) in [7, 11) is -3.81. The van der Waals surface area contributed by atoms with E-state index in [-0.39, 0.29) is 24.0 Å². The molecule has 0 bridgehead atoms. The van der Waals surface area contributed by atoms with E-state index in [4.69, 9.17) is 5.11 Å². The van der Waals surface area contributed by atoms with Gasteiger partial charge >= 0.3 is 11.9 Å². The van der Waals surface area contributed by atoms with Crippen LogP contribution in [0.1, 0.15) is 53.1 Å². The summed E-state index contributed by atoms with van der Waals surface area (Å²) in [6, 6.07) is 7.85. The number of benzene rings is 1. The van der Waals surface area contributed by atoms with Gasteiger partial charge in [-0.3, -0.25) is 0 Å². The second kappa shape index (κ2) is 8.70. The van der Waals surface area contributed by atoms with Crippen LogP contribution >= 0.6 is 0 Å². The van der Waals surface area contributed by atoms with E-state index < -0.39 is 33.3 Å². The van der Waals surface area contributed by atoms with Gasteiger partial charge in [-0.25, -0.2) is 22.7 Å². The lowest BCUT2D eigenvalue weighted by molar-refractivity contribution is 0.0639. The van der Waals surface area contributed by atoms with E-state index in [2.05, 4.69) is 10.3 Å². The standard InChI is InChI=1S/C18H22N4O6S/c23-17(24)15-16(18(25)26)21(20-19-15)11-12-22(13-7-3-1-4-8-13)29(27,28)14-9-5-2-6-10-14/h2,5-6,9-10,13H,1,3-4,7-8,11-12H2,(H,23,24)(H,25,26). The number of carboxylic acid groups (broad SMARTS) is 2. The van der Waals surface area contributed by atoms with Crippen LogP contribution in [0.2, 0.25) is 0 Å². The summed E-state index contributed by atoms with van der Waals surface area (Å²) in [6.45, 7) is -0.158. The number of aromatic carboxylic acids is 2. The summed E-state index contributed by atoms with van der Waals surface area (Å²) >= 11 is 0. The third-order valence-corrected chi connectivity index (χ3v) is 6.97. The van der Waals surface area contributed by atoms with Gasteiger partial charge in [-0.2, -0.15) is 4.31 Å². The first-order valence-corrected chi connectivity index (χ1v) is 10.7. The van der Waals surface area contributed by atoms with Gasteiger partial charge in [-0.05, 0) is 25.0 Å². The maximum absolute atomic E-state index is 13.3. The number of rotatable bonds is 8. The number of sulfonamides is 1. The molecule has 0 unspecified atom stereocenters. The van der Waals surface area contributed by atoms with Crippen molar-refractivity contribution in [3.8, 4) is 0 Å². The highest BCUT2D eigenvalue weighted by molar-refractivity contribution is 7.89. The molecule has 29 heavy (non-hydrogen) atoms. The lowest BCUT2D eigenvalue weighted by atomic mass is 9.95. The molecule has 1 aromatic carbocycles. The van der Waals surface area contributed by atoms with Crippen LogP contribution in [0.25, 0.3) is 0 Å². The molecule has 1 heterocycles. The summed E-state index contributed by atoms with van der Waals surface area (Å²) in [5.74, 6) is -2.99. The Morgan fingerprint density at radius 2 is 1.72 bits per heavy atom. The average Bonchev–Trinajstić information content (AvgIpc) is 3.14. The van der Waals surface area contributed by atoms with Crippen LogP contribution in [0.3, 0.4) is 0 Å². The summed E-state index contributed by atoms with van der Waals surface area (Å²) in [5, 5.41) is 25.5. The number of hydrogen-bond acceptors (Lipinski definition) is 6. The molecule has 1 aliphatic rings. The van der Waals surface area contributed by atoms with E-state index in [0.29, 0.717) is 0 Å². The molecule has 156 valence electrons. The first-order chi connectivity index (χ1) is 13.8. The van der Waals surface area contributed by atoms with Crippen LogP contribution in [0, 0.1) is 0 Å². The van der Waals surface area contributed by atoms with Crippen molar-refractivity contribution < 1.29 is 28.2 Å². The van der Waals surface area contributed by atoms with Crippen molar-refractivity contribution >= 4 is 22.0 Å². The lowest BCUT2D eigenvalue weighted by Crippen LogP contribution is -2.43. The molecule has 0 radical (unpaired) electrons. The number of carbonyl (C=O) groups is 2. The van der Waals surface area contributed by atoms with Crippen molar-refractivity contribution in [1.29, 1.82) is 0 Å². The zero-order valence-electron chi connectivity index (χ0n) is 15.6. The Morgan fingerprint density at radius 1 is 1.07 bits per heavy atom. The van der Waals surface area contributed by atoms with Crippen molar-refractivity contribution in [3.05, 3.63) is 41.7 Å². The third kappa shape index (κ3) is 4.46. The quantitative estimate of drug-likeness (QED) is 0.654. The second-order valence-corrected chi connectivity index (χ2v) is 8.73. The molecule has 2 aromatic rings. The molecule has 1 aromatic heterocycles. The van der Waals surface area contributed by atoms with E-state index in [0.717, 1.165) is 36.8 Å². The topological polar surface area (TPSA) is 143 Å². The fourth-order valence-corrected chi connectivity index (χ4v) is 5.31. The third-order valence-electron chi connectivity index (χ3n) is 5.00. The first-order valence-electron chi connectivity index (χ1n) is 9.29. The summed E-state index contributed by atoms with van der Waals surface area (Å²) in [6.07, 6.45) is 4.31. The van der Waals surface area contributed by atoms with Gasteiger partial charge in [0.2, 0.25) is 15.7 Å². The molecule has 1 aliphatic carbocycles. The molecule has 11 heteroatoms. The smallest absolute Gasteiger partial charge is 0.359 e. The number of aromatic nitrogens is 3. The molecule has 1 fully saturated rings. The Hall–Kier alpha value is -2.79. The Bertz CT molecular complexity index is 983. The van der Waals surface area contributed by atoms with E-state index in [1.807, 2.05) is 0 Å². The zero-order valence-corrected chi connectivity index (χ0v) is 16.5. The number of nitrogens with zero attached hydrogens (tertiary/aromatic N) is 4. The predicted octanol–water partition coefficient (Wildman–Crippen LogP) is 1.70. The SMILES string of the molecule is O=C(O)c1nnn(CCN(C2CCCCC2)S(=O)(=O)c2ccccc2)c1C(=O)O. The minimum Gasteiger partial charge on any atom is -0.476 e. The monoisotopic (exact) mass is 422 g/mol. The molecule has 3 rings (SSSR count). The lowest BCUT2D eigenvalue weighted by Gasteiger charge is -2.33. The van der Waals surface area contributed by atoms with Crippen LogP contribution in [0.5, 0.6) is 0 Å². The van der Waals surface area contributed by atoms with Crippen LogP contribution in [-0.4, -0.2) is 62.5 Å². The van der Waals surface area contributed by atoms with Crippen molar-refractivity contribution in [2.75, 3.05) is 6.54 Å². The molecule has 0 amide bonds. The number of hydrogen-bond donors (Lipinski definition) is 2. The van der Waals surface area contributed by atoms with Crippen LogP contribution in [-0.2, 0) is 16.6 Å². The molecule has 2 N–H and O–H groups in total. The Kier molecular flexibility index (Phi) is 6.28. The highest BCUT2D eigenvalue weighted by Gasteiger charge is 2.33. The predicted molar refractivity (Wildman–Crippen MR) is 101 cm³/mol. The average molecular weight is 422 g/mol. The van der Waals surface area contributed by atoms with Gasteiger partial charge in [-0.1, -0.05) is 42.7 Å². The van der Waals surface area contributed by atoms with Gasteiger partial charge in [0.25, 0.3) is 0 Å². The zero-order chi connectivity index (χ0) is 21.0. The minimum absolute atomic E-state index is 0.0371. The molecule has 0 aliphatic heterocycles. The molecular formula is C18H22N4O6S. The van der Waals surface area contributed by atoms with Crippen molar-refractivity contribution in [2.45, 2.75) is 49.6 Å². The van der Waals surface area contributed by atoms with E-state index in [9.17, 15) is 23.1 Å². The maximum Gasteiger partial charge on any atom is 0.359 e. The molecule has 10 nitrogen and oxygen atoms in total.